The van der Waals surface area contributed by atoms with Crippen LogP contribution in [0.3, 0.4) is 0 Å². The van der Waals surface area contributed by atoms with Crippen LogP contribution in [0.5, 0.6) is 0 Å². The first-order valence-electron chi connectivity index (χ1n) is 32.8. The summed E-state index contributed by atoms with van der Waals surface area (Å²) in [5, 5.41) is 26.7. The molecular formula is C90H56N8. The van der Waals surface area contributed by atoms with Crippen LogP contribution in [-0.2, 0) is 0 Å². The molecule has 0 fully saturated rings. The number of rotatable bonds is 12. The molecule has 0 unspecified atom stereocenters. The van der Waals surface area contributed by atoms with E-state index in [1.54, 1.807) is 0 Å². The molecule has 13 aromatic carbocycles. The van der Waals surface area contributed by atoms with Crippen molar-refractivity contribution in [1.29, 1.82) is 10.5 Å². The molecule has 18 aromatic rings. The smallest absolute Gasteiger partial charge is 0.0991 e. The Morgan fingerprint density at radius 2 is 0.745 bits per heavy atom. The lowest BCUT2D eigenvalue weighted by atomic mass is 9.86. The lowest BCUT2D eigenvalue weighted by Gasteiger charge is -2.25. The third-order valence-corrected chi connectivity index (χ3v) is 19.2. The van der Waals surface area contributed by atoms with Crippen LogP contribution in [0, 0.1) is 22.7 Å². The Hall–Kier alpha value is -13.7. The van der Waals surface area contributed by atoms with Crippen LogP contribution in [0.4, 0.5) is 17.1 Å². The Bertz CT molecular complexity index is 6210. The fourth-order valence-corrected chi connectivity index (χ4v) is 14.7. The van der Waals surface area contributed by atoms with E-state index in [4.69, 9.17) is 4.98 Å². The van der Waals surface area contributed by atoms with Crippen molar-refractivity contribution in [2.75, 3.05) is 4.90 Å². The number of aromatic nitrogens is 5. The lowest BCUT2D eigenvalue weighted by Crippen LogP contribution is -2.09. The molecule has 0 amide bonds. The maximum absolute atomic E-state index is 10.1. The summed E-state index contributed by atoms with van der Waals surface area (Å²) < 4.78 is 6.99. The topological polar surface area (TPSA) is 91.4 Å². The monoisotopic (exact) mass is 1250 g/mol. The molecule has 0 radical (unpaired) electrons. The summed E-state index contributed by atoms with van der Waals surface area (Å²) in [5.41, 5.74) is 25.5. The van der Waals surface area contributed by atoms with Gasteiger partial charge in [-0.05, 0) is 185 Å². The average molecular weight is 1250 g/mol. The molecule has 0 N–H and O–H groups in total. The largest absolute Gasteiger partial charge is 0.311 e. The van der Waals surface area contributed by atoms with Crippen LogP contribution in [-0.4, -0.2) is 23.7 Å². The molecule has 0 bridgehead atoms. The van der Waals surface area contributed by atoms with Crippen LogP contribution in [0.15, 0.2) is 340 Å². The Labute approximate surface area is 565 Å². The van der Waals surface area contributed by atoms with Crippen molar-refractivity contribution in [1.82, 2.24) is 23.7 Å². The van der Waals surface area contributed by atoms with Crippen molar-refractivity contribution < 1.29 is 0 Å². The van der Waals surface area contributed by atoms with Crippen molar-refractivity contribution in [3.05, 3.63) is 351 Å². The molecule has 0 saturated carbocycles. The molecule has 0 aliphatic heterocycles. The summed E-state index contributed by atoms with van der Waals surface area (Å²) in [6.07, 6.45) is 3.76. The second kappa shape index (κ2) is 23.7. The number of pyridine rings is 2. The molecule has 5 heterocycles. The number of nitrogens with zero attached hydrogens (tertiary/aromatic N) is 8. The van der Waals surface area contributed by atoms with E-state index >= 15 is 0 Å². The van der Waals surface area contributed by atoms with E-state index in [9.17, 15) is 10.5 Å². The molecule has 8 heteroatoms. The van der Waals surface area contributed by atoms with E-state index in [2.05, 4.69) is 333 Å². The van der Waals surface area contributed by atoms with Crippen LogP contribution in [0.25, 0.3) is 150 Å². The van der Waals surface area contributed by atoms with Crippen LogP contribution in [0.2, 0.25) is 0 Å². The Morgan fingerprint density at radius 3 is 1.32 bits per heavy atom. The maximum Gasteiger partial charge on any atom is 0.0991 e. The predicted octanol–water partition coefficient (Wildman–Crippen LogP) is 23.0. The predicted molar refractivity (Wildman–Crippen MR) is 402 cm³/mol. The van der Waals surface area contributed by atoms with Gasteiger partial charge in [0.15, 0.2) is 0 Å². The van der Waals surface area contributed by atoms with Gasteiger partial charge in [0, 0.05) is 101 Å². The zero-order valence-electron chi connectivity index (χ0n) is 52.9. The van der Waals surface area contributed by atoms with E-state index in [-0.39, 0.29) is 0 Å². The summed E-state index contributed by atoms with van der Waals surface area (Å²) in [6, 6.07) is 121. The standard InChI is InChI=1S/C90H56N8/c91-56-59-35-46-86-78(50-59)75-29-9-13-33-84(75)97(86)71-25-15-18-64(52-71)82-55-81(74-28-8-7-27-73(74)66-20-17-49-93-58-66)89(90(94-82)65-19-16-26-72(53-65)98-85-34-14-10-30-76(85)79-51-60(57-92)36-47-87(79)98)62-39-44-70(45-40-62)96-83-32-12-11-31-77(83)80-54-63(41-48-88(80)96)61-37-42-69(43-38-61)95(67-21-3-1-4-22-67)68-23-5-2-6-24-68/h1-55,58H. The minimum absolute atomic E-state index is 0.612. The number of benzene rings is 13. The minimum Gasteiger partial charge on any atom is -0.311 e. The molecule has 0 aliphatic carbocycles. The van der Waals surface area contributed by atoms with E-state index in [1.807, 2.05) is 42.7 Å². The second-order valence-corrected chi connectivity index (χ2v) is 24.7. The maximum atomic E-state index is 10.1. The Balaban J connectivity index is 0.826. The van der Waals surface area contributed by atoms with Gasteiger partial charge in [-0.25, -0.2) is 4.98 Å². The first-order chi connectivity index (χ1) is 48.5. The zero-order chi connectivity index (χ0) is 65.2. The molecule has 18 rings (SSSR count). The molecule has 0 aliphatic rings. The normalized spacial score (nSPS) is 11.4. The Morgan fingerprint density at radius 1 is 0.286 bits per heavy atom. The van der Waals surface area contributed by atoms with Gasteiger partial charge in [-0.3, -0.25) is 4.98 Å². The van der Waals surface area contributed by atoms with Gasteiger partial charge in [0.25, 0.3) is 0 Å². The van der Waals surface area contributed by atoms with Gasteiger partial charge in [-0.15, -0.1) is 0 Å². The number of para-hydroxylation sites is 5. The fraction of sp³-hybridized carbons (Fsp3) is 0. The summed E-state index contributed by atoms with van der Waals surface area (Å²) in [5.74, 6) is 0. The highest BCUT2D eigenvalue weighted by Crippen LogP contribution is 2.47. The summed E-state index contributed by atoms with van der Waals surface area (Å²) in [7, 11) is 0. The molecule has 0 spiro atoms. The molecule has 456 valence electrons. The zero-order valence-corrected chi connectivity index (χ0v) is 52.9. The van der Waals surface area contributed by atoms with Gasteiger partial charge in [0.05, 0.1) is 67.8 Å². The molecular weight excluding hydrogens is 1190 g/mol. The van der Waals surface area contributed by atoms with Gasteiger partial charge in [0.1, 0.15) is 0 Å². The van der Waals surface area contributed by atoms with Gasteiger partial charge >= 0.3 is 0 Å². The van der Waals surface area contributed by atoms with Crippen molar-refractivity contribution in [2.24, 2.45) is 0 Å². The number of hydrogen-bond acceptors (Lipinski definition) is 5. The SMILES string of the molecule is N#Cc1ccc2c(c1)c1ccccc1n2-c1cccc(-c2cc(-c3ccccc3-c3cccnc3)c(-c3ccc(-n4c5ccccc5c5cc(-c6ccc(N(c7ccccc7)c7ccccc7)cc6)ccc54)cc3)c(-c3cccc(-n4c5ccccc5c5cc(C#N)ccc54)c3)n2)c1. The van der Waals surface area contributed by atoms with E-state index < -0.39 is 0 Å². The third kappa shape index (κ3) is 9.67. The molecule has 5 aromatic heterocycles. The van der Waals surface area contributed by atoms with Crippen LogP contribution < -0.4 is 4.90 Å². The van der Waals surface area contributed by atoms with Crippen LogP contribution in [0.1, 0.15) is 11.1 Å². The highest BCUT2D eigenvalue weighted by molar-refractivity contribution is 6.13. The summed E-state index contributed by atoms with van der Waals surface area (Å²) >= 11 is 0. The minimum atomic E-state index is 0.612. The molecule has 98 heavy (non-hydrogen) atoms. The van der Waals surface area contributed by atoms with Crippen molar-refractivity contribution in [3.63, 3.8) is 0 Å². The second-order valence-electron chi connectivity index (χ2n) is 24.7. The summed E-state index contributed by atoms with van der Waals surface area (Å²) in [6.45, 7) is 0. The van der Waals surface area contributed by atoms with Crippen molar-refractivity contribution in [3.8, 4) is 96.2 Å². The number of hydrogen-bond donors (Lipinski definition) is 0. The quantitative estimate of drug-likeness (QED) is 0.122. The van der Waals surface area contributed by atoms with Gasteiger partial charge in [-0.2, -0.15) is 10.5 Å². The number of fused-ring (bicyclic) bond motifs is 9. The fourth-order valence-electron chi connectivity index (χ4n) is 14.7. The first kappa shape index (κ1) is 57.0. The van der Waals surface area contributed by atoms with Crippen molar-refractivity contribution >= 4 is 82.5 Å². The molecule has 0 saturated heterocycles. The lowest BCUT2D eigenvalue weighted by molar-refractivity contribution is 1.17. The number of anilines is 3. The molecule has 0 atom stereocenters. The van der Waals surface area contributed by atoms with Gasteiger partial charge < -0.3 is 18.6 Å². The van der Waals surface area contributed by atoms with E-state index in [0.717, 1.165) is 156 Å². The first-order valence-corrected chi connectivity index (χ1v) is 32.8. The number of nitriles is 2. The van der Waals surface area contributed by atoms with Crippen LogP contribution >= 0.6 is 0 Å². The third-order valence-electron chi connectivity index (χ3n) is 19.2. The Kier molecular flexibility index (Phi) is 13.8. The highest BCUT2D eigenvalue weighted by Gasteiger charge is 2.25. The van der Waals surface area contributed by atoms with E-state index in [0.29, 0.717) is 11.1 Å². The highest BCUT2D eigenvalue weighted by atomic mass is 15.1. The van der Waals surface area contributed by atoms with Gasteiger partial charge in [-0.1, -0.05) is 176 Å². The average Bonchev–Trinajstić information content (AvgIpc) is 1.39. The van der Waals surface area contributed by atoms with Crippen molar-refractivity contribution in [2.45, 2.75) is 0 Å². The summed E-state index contributed by atoms with van der Waals surface area (Å²) in [4.78, 5) is 12.9. The molecule has 8 nitrogen and oxygen atoms in total. The van der Waals surface area contributed by atoms with E-state index in [1.165, 1.54) is 10.8 Å². The van der Waals surface area contributed by atoms with Gasteiger partial charge in [0.2, 0.25) is 0 Å².